The average molecular weight is 239 g/mol. The van der Waals surface area contributed by atoms with Crippen LogP contribution in [0.1, 0.15) is 55.5 Å². The lowest BCUT2D eigenvalue weighted by Gasteiger charge is -2.17. The number of rotatable bonds is 5. The van der Waals surface area contributed by atoms with Gasteiger partial charge in [-0.1, -0.05) is 13.8 Å². The smallest absolute Gasteiger partial charge is 0.145 e. The molecule has 0 aliphatic rings. The molecule has 0 aromatic carbocycles. The van der Waals surface area contributed by atoms with Crippen molar-refractivity contribution in [1.29, 1.82) is 0 Å². The maximum absolute atomic E-state index is 12.1. The third-order valence-corrected chi connectivity index (χ3v) is 2.85. The summed E-state index contributed by atoms with van der Waals surface area (Å²) in [5.74, 6) is 1.18. The Hall–Kier alpha value is -1.03. The summed E-state index contributed by atoms with van der Waals surface area (Å²) in [6, 6.07) is -0.00985. The Morgan fingerprint density at radius 2 is 1.65 bits per heavy atom. The first-order valence-electron chi connectivity index (χ1n) is 6.11. The molecule has 0 bridgehead atoms. The van der Waals surface area contributed by atoms with Gasteiger partial charge in [0, 0.05) is 17.9 Å². The van der Waals surface area contributed by atoms with E-state index in [1.807, 2.05) is 20.8 Å². The summed E-state index contributed by atoms with van der Waals surface area (Å²) in [4.78, 5) is 9.02. The van der Waals surface area contributed by atoms with Crippen LogP contribution in [0.25, 0.3) is 0 Å². The molecule has 0 fully saturated rings. The highest BCUT2D eigenvalue weighted by molar-refractivity contribution is 5.27. The zero-order valence-electron chi connectivity index (χ0n) is 11.3. The van der Waals surface area contributed by atoms with E-state index >= 15 is 0 Å². The Morgan fingerprint density at radius 1 is 1.12 bits per heavy atom. The maximum Gasteiger partial charge on any atom is 0.145 e. The van der Waals surface area contributed by atoms with Crippen molar-refractivity contribution in [3.8, 4) is 0 Å². The highest BCUT2D eigenvalue weighted by atomic mass is 19.1. The second kappa shape index (κ2) is 6.05. The summed E-state index contributed by atoms with van der Waals surface area (Å²) in [6.07, 6.45) is 0. The van der Waals surface area contributed by atoms with E-state index in [0.717, 1.165) is 17.2 Å². The van der Waals surface area contributed by atoms with E-state index in [1.165, 1.54) is 5.56 Å². The fourth-order valence-electron chi connectivity index (χ4n) is 2.14. The molecule has 0 saturated heterocycles. The van der Waals surface area contributed by atoms with Gasteiger partial charge in [0.2, 0.25) is 0 Å². The monoisotopic (exact) mass is 239 g/mol. The molecule has 1 aromatic rings. The summed E-state index contributed by atoms with van der Waals surface area (Å²) in [5, 5.41) is 3.05. The van der Waals surface area contributed by atoms with E-state index < -0.39 is 0 Å². The van der Waals surface area contributed by atoms with E-state index in [-0.39, 0.29) is 12.7 Å². The van der Waals surface area contributed by atoms with E-state index in [9.17, 15) is 4.39 Å². The number of aryl methyl sites for hydroxylation is 2. The normalized spacial score (nSPS) is 13.1. The lowest BCUT2D eigenvalue weighted by Crippen LogP contribution is -2.24. The second-order valence-electron chi connectivity index (χ2n) is 4.69. The molecule has 17 heavy (non-hydrogen) atoms. The zero-order valence-corrected chi connectivity index (χ0v) is 11.3. The molecular formula is C13H22FN3. The number of alkyl halides is 1. The Balaban J connectivity index is 2.97. The van der Waals surface area contributed by atoms with Crippen molar-refractivity contribution < 1.29 is 4.39 Å². The van der Waals surface area contributed by atoms with E-state index in [2.05, 4.69) is 29.1 Å². The van der Waals surface area contributed by atoms with Crippen LogP contribution in [0.5, 0.6) is 0 Å². The van der Waals surface area contributed by atoms with Gasteiger partial charge in [-0.3, -0.25) is 0 Å². The number of hydrogen-bond donors (Lipinski definition) is 1. The Labute approximate surface area is 103 Å². The molecule has 4 heteroatoms. The number of halogens is 1. The first kappa shape index (κ1) is 14.0. The van der Waals surface area contributed by atoms with Gasteiger partial charge in [-0.15, -0.1) is 0 Å². The SMILES string of the molecule is Cc1nc(C(C)NCCF)nc(C)c1C(C)C. The summed E-state index contributed by atoms with van der Waals surface area (Å²) < 4.78 is 12.1. The van der Waals surface area contributed by atoms with Gasteiger partial charge in [0.25, 0.3) is 0 Å². The highest BCUT2D eigenvalue weighted by Gasteiger charge is 2.14. The Morgan fingerprint density at radius 3 is 2.06 bits per heavy atom. The summed E-state index contributed by atoms with van der Waals surface area (Å²) in [6.45, 7) is 10.2. The lowest BCUT2D eigenvalue weighted by molar-refractivity contribution is 0.437. The van der Waals surface area contributed by atoms with Crippen molar-refractivity contribution in [2.75, 3.05) is 13.2 Å². The van der Waals surface area contributed by atoms with Crippen molar-refractivity contribution in [2.45, 2.75) is 46.6 Å². The van der Waals surface area contributed by atoms with Crippen molar-refractivity contribution in [2.24, 2.45) is 0 Å². The molecule has 1 heterocycles. The second-order valence-corrected chi connectivity index (χ2v) is 4.69. The fraction of sp³-hybridized carbons (Fsp3) is 0.692. The van der Waals surface area contributed by atoms with Crippen molar-refractivity contribution in [3.05, 3.63) is 22.8 Å². The molecule has 0 amide bonds. The van der Waals surface area contributed by atoms with Gasteiger partial charge in [0.15, 0.2) is 0 Å². The first-order valence-corrected chi connectivity index (χ1v) is 6.11. The van der Waals surface area contributed by atoms with Crippen LogP contribution in [0.15, 0.2) is 0 Å². The van der Waals surface area contributed by atoms with Gasteiger partial charge in [-0.25, -0.2) is 14.4 Å². The molecule has 1 atom stereocenters. The Bertz CT molecular complexity index is 354. The standard InChI is InChI=1S/C13H22FN3/c1-8(2)12-9(3)16-13(17-10(12)4)11(5)15-7-6-14/h8,11,15H,6-7H2,1-5H3. The highest BCUT2D eigenvalue weighted by Crippen LogP contribution is 2.21. The fourth-order valence-corrected chi connectivity index (χ4v) is 2.14. The summed E-state index contributed by atoms with van der Waals surface area (Å²) >= 11 is 0. The quantitative estimate of drug-likeness (QED) is 0.858. The van der Waals surface area contributed by atoms with Crippen molar-refractivity contribution >= 4 is 0 Å². The van der Waals surface area contributed by atoms with Gasteiger partial charge in [-0.05, 0) is 32.3 Å². The van der Waals surface area contributed by atoms with Gasteiger partial charge in [-0.2, -0.15) is 0 Å². The third kappa shape index (κ3) is 3.46. The first-order chi connectivity index (χ1) is 7.97. The minimum atomic E-state index is -0.369. The average Bonchev–Trinajstić information content (AvgIpc) is 2.24. The zero-order chi connectivity index (χ0) is 13.0. The predicted molar refractivity (Wildman–Crippen MR) is 68.0 cm³/mol. The number of nitrogens with zero attached hydrogens (tertiary/aromatic N) is 2. The summed E-state index contributed by atoms with van der Waals surface area (Å²) in [7, 11) is 0. The van der Waals surface area contributed by atoms with E-state index in [0.29, 0.717) is 12.5 Å². The van der Waals surface area contributed by atoms with Gasteiger partial charge in [0.05, 0.1) is 6.04 Å². The number of nitrogens with one attached hydrogen (secondary N) is 1. The molecule has 0 spiro atoms. The molecule has 96 valence electrons. The van der Waals surface area contributed by atoms with Crippen molar-refractivity contribution in [1.82, 2.24) is 15.3 Å². The topological polar surface area (TPSA) is 37.8 Å². The van der Waals surface area contributed by atoms with Crippen LogP contribution >= 0.6 is 0 Å². The Kier molecular flexibility index (Phi) is 5.00. The van der Waals surface area contributed by atoms with Gasteiger partial charge < -0.3 is 5.32 Å². The van der Waals surface area contributed by atoms with Crippen LogP contribution in [0, 0.1) is 13.8 Å². The van der Waals surface area contributed by atoms with Crippen LogP contribution in [0.4, 0.5) is 4.39 Å². The van der Waals surface area contributed by atoms with Crippen molar-refractivity contribution in [3.63, 3.8) is 0 Å². The third-order valence-electron chi connectivity index (χ3n) is 2.85. The molecule has 0 radical (unpaired) electrons. The van der Waals surface area contributed by atoms with Crippen LogP contribution < -0.4 is 5.32 Å². The molecule has 1 N–H and O–H groups in total. The van der Waals surface area contributed by atoms with E-state index in [1.54, 1.807) is 0 Å². The maximum atomic E-state index is 12.1. The van der Waals surface area contributed by atoms with Crippen LogP contribution in [0.2, 0.25) is 0 Å². The molecule has 1 rings (SSSR count). The molecule has 1 aromatic heterocycles. The molecule has 0 aliphatic heterocycles. The molecule has 0 aliphatic carbocycles. The van der Waals surface area contributed by atoms with Crippen LogP contribution in [0.3, 0.4) is 0 Å². The molecule has 1 unspecified atom stereocenters. The molecule has 0 saturated carbocycles. The van der Waals surface area contributed by atoms with Crippen LogP contribution in [-0.2, 0) is 0 Å². The lowest BCUT2D eigenvalue weighted by atomic mass is 10.00. The molecule has 3 nitrogen and oxygen atoms in total. The summed E-state index contributed by atoms with van der Waals surface area (Å²) in [5.41, 5.74) is 3.26. The van der Waals surface area contributed by atoms with E-state index in [4.69, 9.17) is 0 Å². The minimum Gasteiger partial charge on any atom is -0.305 e. The number of aromatic nitrogens is 2. The van der Waals surface area contributed by atoms with Gasteiger partial charge >= 0.3 is 0 Å². The largest absolute Gasteiger partial charge is 0.305 e. The van der Waals surface area contributed by atoms with Gasteiger partial charge in [0.1, 0.15) is 12.5 Å². The minimum absolute atomic E-state index is 0.00985. The van der Waals surface area contributed by atoms with Crippen LogP contribution in [-0.4, -0.2) is 23.2 Å². The number of hydrogen-bond acceptors (Lipinski definition) is 3. The molecular weight excluding hydrogens is 217 g/mol. The predicted octanol–water partition coefficient (Wildman–Crippen LogP) is 2.84.